The van der Waals surface area contributed by atoms with E-state index in [9.17, 15) is 4.79 Å². The number of aromatic nitrogens is 1. The number of carbonyl (C=O) groups is 1. The Morgan fingerprint density at radius 1 is 1.46 bits per heavy atom. The van der Waals surface area contributed by atoms with Crippen molar-refractivity contribution in [3.63, 3.8) is 0 Å². The first-order valence-electron chi connectivity index (χ1n) is 9.31. The largest absolute Gasteiger partial charge is 0.404 e. The molecule has 2 aromatic rings. The van der Waals surface area contributed by atoms with Gasteiger partial charge in [-0.25, -0.2) is 4.98 Å². The van der Waals surface area contributed by atoms with Crippen molar-refractivity contribution in [1.82, 2.24) is 15.2 Å². The van der Waals surface area contributed by atoms with Gasteiger partial charge in [-0.3, -0.25) is 9.79 Å². The molecule has 1 aromatic carbocycles. The van der Waals surface area contributed by atoms with Crippen molar-refractivity contribution >= 4 is 46.3 Å². The Kier molecular flexibility index (Phi) is 7.19. The lowest BCUT2D eigenvalue weighted by Gasteiger charge is -2.27. The number of benzene rings is 1. The van der Waals surface area contributed by atoms with E-state index in [-0.39, 0.29) is 11.9 Å². The van der Waals surface area contributed by atoms with Crippen LogP contribution in [0.2, 0.25) is 5.02 Å². The zero-order chi connectivity index (χ0) is 19.9. The van der Waals surface area contributed by atoms with Gasteiger partial charge >= 0.3 is 0 Å². The van der Waals surface area contributed by atoms with Gasteiger partial charge in [0.25, 0.3) is 5.91 Å². The van der Waals surface area contributed by atoms with E-state index in [1.165, 1.54) is 17.5 Å². The van der Waals surface area contributed by atoms with E-state index in [2.05, 4.69) is 22.2 Å². The highest BCUT2D eigenvalue weighted by Gasteiger charge is 2.28. The molecule has 1 aliphatic rings. The van der Waals surface area contributed by atoms with Gasteiger partial charge < -0.3 is 16.0 Å². The molecule has 0 aliphatic carbocycles. The Bertz CT molecular complexity index is 856. The number of carbonyl (C=O) groups excluding carboxylic acids is 1. The number of hydrogen-bond acceptors (Lipinski definition) is 6. The lowest BCUT2D eigenvalue weighted by molar-refractivity contribution is 0.0687. The predicted molar refractivity (Wildman–Crippen MR) is 116 cm³/mol. The highest BCUT2D eigenvalue weighted by atomic mass is 35.5. The number of nitrogens with one attached hydrogen (secondary N) is 1. The van der Waals surface area contributed by atoms with Crippen LogP contribution in [0.4, 0.5) is 5.69 Å². The van der Waals surface area contributed by atoms with Crippen LogP contribution in [0.25, 0.3) is 5.57 Å². The van der Waals surface area contributed by atoms with E-state index in [1.54, 1.807) is 23.7 Å². The molecule has 2 heterocycles. The molecular weight excluding hydrogens is 394 g/mol. The SMILES string of the molecule is CCCN(C(=O)c1csc(/C(C=Nc2ccc(Cl)cc2)=C/N)n1)[C@@H]1CCNC1. The van der Waals surface area contributed by atoms with Crippen molar-refractivity contribution < 1.29 is 4.79 Å². The highest BCUT2D eigenvalue weighted by Crippen LogP contribution is 2.22. The van der Waals surface area contributed by atoms with Crippen molar-refractivity contribution in [2.75, 3.05) is 19.6 Å². The number of nitrogens with two attached hydrogens (primary N) is 1. The number of allylic oxidation sites excluding steroid dienone is 1. The molecule has 1 aromatic heterocycles. The summed E-state index contributed by atoms with van der Waals surface area (Å²) in [6, 6.07) is 7.43. The van der Waals surface area contributed by atoms with Gasteiger partial charge in [-0.1, -0.05) is 18.5 Å². The lowest BCUT2D eigenvalue weighted by atomic mass is 10.2. The Balaban J connectivity index is 1.75. The second-order valence-corrected chi connectivity index (χ2v) is 7.83. The second-order valence-electron chi connectivity index (χ2n) is 6.54. The average Bonchev–Trinajstić information content (AvgIpc) is 3.40. The molecule has 28 heavy (non-hydrogen) atoms. The Hall–Kier alpha value is -2.22. The molecule has 3 N–H and O–H groups in total. The number of amides is 1. The number of halogens is 1. The quantitative estimate of drug-likeness (QED) is 0.672. The topological polar surface area (TPSA) is 83.6 Å². The third kappa shape index (κ3) is 4.98. The molecule has 0 spiro atoms. The molecule has 148 valence electrons. The van der Waals surface area contributed by atoms with Gasteiger partial charge in [0.05, 0.1) is 5.69 Å². The summed E-state index contributed by atoms with van der Waals surface area (Å²) < 4.78 is 0. The van der Waals surface area contributed by atoms with E-state index in [0.717, 1.165) is 38.2 Å². The number of aliphatic imine (C=N–C) groups is 1. The Labute approximate surface area is 174 Å². The minimum absolute atomic E-state index is 0.0240. The zero-order valence-corrected chi connectivity index (χ0v) is 17.3. The summed E-state index contributed by atoms with van der Waals surface area (Å²) in [5, 5.41) is 6.45. The van der Waals surface area contributed by atoms with Crippen LogP contribution in [-0.4, -0.2) is 47.7 Å². The summed E-state index contributed by atoms with van der Waals surface area (Å²) in [6.07, 6.45) is 5.00. The average molecular weight is 418 g/mol. The summed E-state index contributed by atoms with van der Waals surface area (Å²) in [5.74, 6) is -0.0240. The smallest absolute Gasteiger partial charge is 0.273 e. The molecule has 1 atom stereocenters. The number of nitrogens with zero attached hydrogens (tertiary/aromatic N) is 3. The maximum absolute atomic E-state index is 13.0. The summed E-state index contributed by atoms with van der Waals surface area (Å²) in [4.78, 5) is 23.9. The monoisotopic (exact) mass is 417 g/mol. The third-order valence-electron chi connectivity index (χ3n) is 4.53. The molecule has 0 saturated carbocycles. The first kappa shape index (κ1) is 20.5. The van der Waals surface area contributed by atoms with Crippen molar-refractivity contribution in [1.29, 1.82) is 0 Å². The Morgan fingerprint density at radius 2 is 2.25 bits per heavy atom. The van der Waals surface area contributed by atoms with Crippen molar-refractivity contribution in [3.8, 4) is 0 Å². The molecule has 3 rings (SSSR count). The van der Waals surface area contributed by atoms with Gasteiger partial charge in [0.1, 0.15) is 10.7 Å². The molecule has 8 heteroatoms. The minimum Gasteiger partial charge on any atom is -0.404 e. The first-order chi connectivity index (χ1) is 13.6. The third-order valence-corrected chi connectivity index (χ3v) is 5.67. The van der Waals surface area contributed by atoms with Gasteiger partial charge in [0.2, 0.25) is 0 Å². The fraction of sp³-hybridized carbons (Fsp3) is 0.350. The normalized spacial score (nSPS) is 17.4. The van der Waals surface area contributed by atoms with Crippen LogP contribution in [0, 0.1) is 0 Å². The van der Waals surface area contributed by atoms with Gasteiger partial charge in [-0.15, -0.1) is 11.3 Å². The standard InChI is InChI=1S/C20H24ClN5OS/c1-2-9-26(17-7-8-23-12-17)20(27)18-13-28-19(25-18)14(10-22)11-24-16-5-3-15(21)4-6-16/h3-6,10-11,13,17,23H,2,7-9,12,22H2,1H3/b14-10+,24-11?/t17-/m1/s1. The summed E-state index contributed by atoms with van der Waals surface area (Å²) in [7, 11) is 0. The van der Waals surface area contributed by atoms with Crippen LogP contribution in [-0.2, 0) is 0 Å². The van der Waals surface area contributed by atoms with Crippen LogP contribution in [0.15, 0.2) is 40.8 Å². The van der Waals surface area contributed by atoms with Crippen LogP contribution in [0.3, 0.4) is 0 Å². The van der Waals surface area contributed by atoms with Crippen molar-refractivity contribution in [2.45, 2.75) is 25.8 Å². The Morgan fingerprint density at radius 3 is 2.89 bits per heavy atom. The highest BCUT2D eigenvalue weighted by molar-refractivity contribution is 7.11. The maximum Gasteiger partial charge on any atom is 0.273 e. The zero-order valence-electron chi connectivity index (χ0n) is 15.8. The lowest BCUT2D eigenvalue weighted by Crippen LogP contribution is -2.42. The first-order valence-corrected chi connectivity index (χ1v) is 10.6. The van der Waals surface area contributed by atoms with E-state index < -0.39 is 0 Å². The van der Waals surface area contributed by atoms with Gasteiger partial charge in [-0.2, -0.15) is 0 Å². The van der Waals surface area contributed by atoms with Gasteiger partial charge in [-0.05, 0) is 43.7 Å². The number of thiazole rings is 1. The summed E-state index contributed by atoms with van der Waals surface area (Å²) >= 11 is 7.28. The van der Waals surface area contributed by atoms with Crippen LogP contribution >= 0.6 is 22.9 Å². The minimum atomic E-state index is -0.0240. The number of rotatable bonds is 7. The van der Waals surface area contributed by atoms with E-state index in [1.807, 2.05) is 17.0 Å². The summed E-state index contributed by atoms with van der Waals surface area (Å²) in [5.41, 5.74) is 7.67. The maximum atomic E-state index is 13.0. The van der Waals surface area contributed by atoms with Gasteiger partial charge in [0.15, 0.2) is 0 Å². The molecule has 0 bridgehead atoms. The van der Waals surface area contributed by atoms with E-state index >= 15 is 0 Å². The second kappa shape index (κ2) is 9.82. The van der Waals surface area contributed by atoms with Crippen LogP contribution < -0.4 is 11.1 Å². The molecular formula is C20H24ClN5OS. The van der Waals surface area contributed by atoms with E-state index in [0.29, 0.717) is 21.3 Å². The van der Waals surface area contributed by atoms with Crippen LogP contribution in [0.1, 0.15) is 35.3 Å². The number of hydrogen-bond donors (Lipinski definition) is 2. The fourth-order valence-corrected chi connectivity index (χ4v) is 4.00. The van der Waals surface area contributed by atoms with Gasteiger partial charge in [0, 0.05) is 47.5 Å². The van der Waals surface area contributed by atoms with Crippen molar-refractivity contribution in [3.05, 3.63) is 51.6 Å². The molecule has 1 saturated heterocycles. The fourth-order valence-electron chi connectivity index (χ4n) is 3.09. The molecule has 1 amide bonds. The molecule has 1 aliphatic heterocycles. The molecule has 6 nitrogen and oxygen atoms in total. The molecule has 1 fully saturated rings. The molecule has 0 unspecified atom stereocenters. The van der Waals surface area contributed by atoms with Crippen molar-refractivity contribution in [2.24, 2.45) is 10.7 Å². The summed E-state index contributed by atoms with van der Waals surface area (Å²) in [6.45, 7) is 4.60. The van der Waals surface area contributed by atoms with Crippen LogP contribution in [0.5, 0.6) is 0 Å². The predicted octanol–water partition coefficient (Wildman–Crippen LogP) is 3.71. The molecule has 0 radical (unpaired) electrons. The van der Waals surface area contributed by atoms with E-state index in [4.69, 9.17) is 17.3 Å².